The molecule has 0 radical (unpaired) electrons. The van der Waals surface area contributed by atoms with Crippen molar-refractivity contribution in [3.05, 3.63) is 59.7 Å². The van der Waals surface area contributed by atoms with Crippen LogP contribution in [0.5, 0.6) is 0 Å². The number of imide groups is 1. The van der Waals surface area contributed by atoms with Gasteiger partial charge in [-0.05, 0) is 85.4 Å². The smallest absolute Gasteiger partial charge is 0.260 e. The summed E-state index contributed by atoms with van der Waals surface area (Å²) in [4.78, 5) is 28.6. The van der Waals surface area contributed by atoms with Gasteiger partial charge < -0.3 is 0 Å². The van der Waals surface area contributed by atoms with Gasteiger partial charge in [-0.3, -0.25) is 14.9 Å². The summed E-state index contributed by atoms with van der Waals surface area (Å²) < 4.78 is 0. The number of thiophene rings is 1. The number of halogens is 2. The topological polar surface area (TPSA) is 46.2 Å². The lowest BCUT2D eigenvalue weighted by atomic mass is 10.0. The molecule has 3 aromatic rings. The molecule has 0 unspecified atom stereocenters. The number of fused-ring (bicyclic) bond motifs is 1. The third kappa shape index (κ3) is 3.18. The van der Waals surface area contributed by atoms with Crippen LogP contribution in [0.15, 0.2) is 58.3 Å². The van der Waals surface area contributed by atoms with E-state index in [4.69, 9.17) is 0 Å². The van der Waals surface area contributed by atoms with Crippen LogP contribution in [0.2, 0.25) is 0 Å². The molecule has 0 fully saturated rings. The highest BCUT2D eigenvalue weighted by atomic mass is 79.9. The van der Waals surface area contributed by atoms with E-state index in [0.29, 0.717) is 11.1 Å². The van der Waals surface area contributed by atoms with Crippen molar-refractivity contribution in [1.29, 1.82) is 0 Å². The quantitative estimate of drug-likeness (QED) is 0.381. The van der Waals surface area contributed by atoms with Gasteiger partial charge in [-0.25, -0.2) is 0 Å². The number of nitrogens with one attached hydrogen (secondary N) is 1. The normalized spacial score (nSPS) is 13.0. The molecule has 1 aliphatic heterocycles. The zero-order valence-electron chi connectivity index (χ0n) is 12.9. The van der Waals surface area contributed by atoms with Gasteiger partial charge in [0.05, 0.1) is 11.1 Å². The van der Waals surface area contributed by atoms with Crippen LogP contribution in [-0.4, -0.2) is 11.8 Å². The van der Waals surface area contributed by atoms with Crippen LogP contribution in [-0.2, 0) is 0 Å². The molecule has 3 nitrogen and oxygen atoms in total. The molecular formula is C18H9Br2NO2S3. The standard InChI is InChI=1S/C18H9Br2NO2S3/c19-25-11-5-1-3-9(7-11)15-13-14(18(23)21-17(13)22)16(24-15)10-4-2-6-12(8-10)26-20/h1-8H,(H,21,22,23). The van der Waals surface area contributed by atoms with Crippen molar-refractivity contribution >= 4 is 73.2 Å². The van der Waals surface area contributed by atoms with Crippen molar-refractivity contribution in [3.8, 4) is 20.9 Å². The molecule has 8 heteroatoms. The largest absolute Gasteiger partial charge is 0.288 e. The number of benzene rings is 2. The van der Waals surface area contributed by atoms with Crippen molar-refractivity contribution in [2.45, 2.75) is 9.79 Å². The molecule has 1 N–H and O–H groups in total. The Kier molecular flexibility index (Phi) is 5.29. The summed E-state index contributed by atoms with van der Waals surface area (Å²) in [6.45, 7) is 0. The number of hydrogen-bond donors (Lipinski definition) is 1. The predicted octanol–water partition coefficient (Wildman–Crippen LogP) is 6.77. The summed E-state index contributed by atoms with van der Waals surface area (Å²) in [5.74, 6) is -0.657. The SMILES string of the molecule is O=C1NC(=O)c2c(-c3cccc(SBr)c3)sc(-c3cccc(SBr)c3)c21. The van der Waals surface area contributed by atoms with Gasteiger partial charge in [0, 0.05) is 19.5 Å². The van der Waals surface area contributed by atoms with Crippen LogP contribution >= 0.6 is 61.4 Å². The second-order valence-corrected chi connectivity index (χ2v) is 9.72. The first-order valence-electron chi connectivity index (χ1n) is 7.43. The van der Waals surface area contributed by atoms with Crippen LogP contribution in [0, 0.1) is 0 Å². The van der Waals surface area contributed by atoms with Gasteiger partial charge in [0.15, 0.2) is 0 Å². The lowest BCUT2D eigenvalue weighted by Crippen LogP contribution is -2.20. The molecule has 0 saturated carbocycles. The number of amides is 2. The van der Waals surface area contributed by atoms with Crippen LogP contribution in [0.3, 0.4) is 0 Å². The second-order valence-electron chi connectivity index (χ2n) is 5.50. The fourth-order valence-electron chi connectivity index (χ4n) is 2.87. The maximum Gasteiger partial charge on any atom is 0.260 e. The average molecular weight is 527 g/mol. The fraction of sp³-hybridized carbons (Fsp3) is 0. The third-order valence-corrected chi connectivity index (χ3v) is 8.36. The van der Waals surface area contributed by atoms with Gasteiger partial charge in [0.1, 0.15) is 0 Å². The summed E-state index contributed by atoms with van der Waals surface area (Å²) in [7, 11) is 2.92. The predicted molar refractivity (Wildman–Crippen MR) is 117 cm³/mol. The van der Waals surface area contributed by atoms with Gasteiger partial charge in [-0.15, -0.1) is 11.3 Å². The molecule has 0 bridgehead atoms. The van der Waals surface area contributed by atoms with Crippen LogP contribution in [0.25, 0.3) is 20.9 Å². The van der Waals surface area contributed by atoms with Gasteiger partial charge in [0.2, 0.25) is 0 Å². The van der Waals surface area contributed by atoms with E-state index in [0.717, 1.165) is 30.7 Å². The van der Waals surface area contributed by atoms with Crippen LogP contribution in [0.4, 0.5) is 0 Å². The number of carbonyl (C=O) groups is 2. The second kappa shape index (κ2) is 7.52. The lowest BCUT2D eigenvalue weighted by molar-refractivity contribution is 0.0880. The summed E-state index contributed by atoms with van der Waals surface area (Å²) in [5.41, 5.74) is 2.81. The molecule has 2 heterocycles. The molecule has 0 atom stereocenters. The van der Waals surface area contributed by atoms with Gasteiger partial charge in [-0.2, -0.15) is 0 Å². The van der Waals surface area contributed by atoms with E-state index in [1.165, 1.54) is 31.7 Å². The Morgan fingerprint density at radius 3 is 1.65 bits per heavy atom. The minimum absolute atomic E-state index is 0.328. The number of hydrogen-bond acceptors (Lipinski definition) is 5. The molecule has 2 amide bonds. The number of rotatable bonds is 4. The van der Waals surface area contributed by atoms with E-state index in [2.05, 4.69) is 34.9 Å². The van der Waals surface area contributed by atoms with Crippen molar-refractivity contribution in [3.63, 3.8) is 0 Å². The highest BCUT2D eigenvalue weighted by Gasteiger charge is 2.36. The highest BCUT2D eigenvalue weighted by molar-refractivity contribution is 9.50. The van der Waals surface area contributed by atoms with E-state index < -0.39 is 0 Å². The Balaban J connectivity index is 1.96. The molecule has 130 valence electrons. The Morgan fingerprint density at radius 1 is 0.769 bits per heavy atom. The van der Waals surface area contributed by atoms with Gasteiger partial charge in [0.25, 0.3) is 11.8 Å². The number of carbonyl (C=O) groups excluding carboxylic acids is 2. The molecular weight excluding hydrogens is 518 g/mol. The summed E-state index contributed by atoms with van der Waals surface area (Å²) in [5, 5.41) is 2.44. The lowest BCUT2D eigenvalue weighted by Gasteiger charge is -2.03. The molecule has 1 aromatic heterocycles. The van der Waals surface area contributed by atoms with Crippen LogP contribution < -0.4 is 5.32 Å². The Bertz CT molecular complexity index is 969. The van der Waals surface area contributed by atoms with Gasteiger partial charge >= 0.3 is 0 Å². The van der Waals surface area contributed by atoms with Crippen molar-refractivity contribution in [2.24, 2.45) is 0 Å². The van der Waals surface area contributed by atoms with Gasteiger partial charge in [-0.1, -0.05) is 24.3 Å². The van der Waals surface area contributed by atoms with E-state index in [9.17, 15) is 9.59 Å². The molecule has 2 aromatic carbocycles. The van der Waals surface area contributed by atoms with Crippen molar-refractivity contribution in [2.75, 3.05) is 0 Å². The zero-order valence-corrected chi connectivity index (χ0v) is 18.5. The molecule has 26 heavy (non-hydrogen) atoms. The van der Waals surface area contributed by atoms with E-state index in [1.807, 2.05) is 48.5 Å². The Morgan fingerprint density at radius 2 is 1.23 bits per heavy atom. The van der Waals surface area contributed by atoms with E-state index in [1.54, 1.807) is 0 Å². The minimum Gasteiger partial charge on any atom is -0.288 e. The first-order chi connectivity index (χ1) is 12.6. The molecule has 0 spiro atoms. The maximum atomic E-state index is 12.4. The first kappa shape index (κ1) is 18.3. The first-order valence-corrected chi connectivity index (χ1v) is 13.6. The van der Waals surface area contributed by atoms with Crippen LogP contribution in [0.1, 0.15) is 20.7 Å². The third-order valence-electron chi connectivity index (χ3n) is 3.96. The minimum atomic E-state index is -0.328. The van der Waals surface area contributed by atoms with E-state index >= 15 is 0 Å². The molecule has 4 rings (SSSR count). The molecule has 0 saturated heterocycles. The highest BCUT2D eigenvalue weighted by Crippen LogP contribution is 2.45. The zero-order chi connectivity index (χ0) is 18.3. The summed E-state index contributed by atoms with van der Waals surface area (Å²) >= 11 is 8.25. The summed E-state index contributed by atoms with van der Waals surface area (Å²) in [6, 6.07) is 15.8. The van der Waals surface area contributed by atoms with Crippen molar-refractivity contribution in [1.82, 2.24) is 5.32 Å². The van der Waals surface area contributed by atoms with E-state index in [-0.39, 0.29) is 11.8 Å². The molecule has 1 aliphatic rings. The maximum absolute atomic E-state index is 12.4. The average Bonchev–Trinajstić information content (AvgIpc) is 3.21. The van der Waals surface area contributed by atoms with Crippen molar-refractivity contribution < 1.29 is 9.59 Å². The fourth-order valence-corrected chi connectivity index (χ4v) is 5.97. The Hall–Kier alpha value is -1.06. The summed E-state index contributed by atoms with van der Waals surface area (Å²) in [6.07, 6.45) is 0. The molecule has 0 aliphatic carbocycles. The Labute approximate surface area is 177 Å². The monoisotopic (exact) mass is 525 g/mol.